The second-order valence-corrected chi connectivity index (χ2v) is 7.32. The minimum Gasteiger partial charge on any atom is -0.454 e. The number of hydrogen-bond acceptors (Lipinski definition) is 6. The van der Waals surface area contributed by atoms with Gasteiger partial charge in [-0.15, -0.1) is 0 Å². The maximum absolute atomic E-state index is 12.7. The molecule has 4 amide bonds. The number of nitrogens with one attached hydrogen (secondary N) is 3. The molecule has 1 aromatic carbocycles. The number of ether oxygens (including phenoxy) is 2. The first-order valence-corrected chi connectivity index (χ1v) is 9.27. The van der Waals surface area contributed by atoms with Crippen LogP contribution in [0.15, 0.2) is 12.1 Å². The number of amides is 4. The van der Waals surface area contributed by atoms with E-state index in [0.29, 0.717) is 35.4 Å². The molecule has 3 heterocycles. The van der Waals surface area contributed by atoms with Crippen molar-refractivity contribution in [3.63, 3.8) is 0 Å². The third-order valence-electron chi connectivity index (χ3n) is 5.49. The van der Waals surface area contributed by atoms with Crippen molar-refractivity contribution in [1.29, 1.82) is 0 Å². The van der Waals surface area contributed by atoms with E-state index in [1.54, 1.807) is 12.1 Å². The zero-order chi connectivity index (χ0) is 19.3. The van der Waals surface area contributed by atoms with Gasteiger partial charge in [-0.1, -0.05) is 19.3 Å². The van der Waals surface area contributed by atoms with Crippen LogP contribution < -0.4 is 20.1 Å². The molecule has 10 nitrogen and oxygen atoms in total. The topological polar surface area (TPSA) is 126 Å². The highest BCUT2D eigenvalue weighted by Gasteiger charge is 2.51. The van der Waals surface area contributed by atoms with Crippen molar-refractivity contribution >= 4 is 34.8 Å². The Bertz CT molecular complexity index is 953. The zero-order valence-electron chi connectivity index (χ0n) is 15.0. The van der Waals surface area contributed by atoms with Crippen LogP contribution in [-0.4, -0.2) is 51.6 Å². The van der Waals surface area contributed by atoms with Crippen LogP contribution in [-0.2, 0) is 9.59 Å². The number of imide groups is 1. The highest BCUT2D eigenvalue weighted by atomic mass is 16.7. The van der Waals surface area contributed by atoms with E-state index in [-0.39, 0.29) is 25.2 Å². The van der Waals surface area contributed by atoms with Gasteiger partial charge in [-0.2, -0.15) is 0 Å². The number of aromatic nitrogens is 2. The number of aromatic amines is 1. The first kappa shape index (κ1) is 16.8. The van der Waals surface area contributed by atoms with Crippen LogP contribution >= 0.6 is 0 Å². The fourth-order valence-electron chi connectivity index (χ4n) is 4.09. The van der Waals surface area contributed by atoms with Crippen molar-refractivity contribution in [3.8, 4) is 11.5 Å². The molecule has 1 saturated carbocycles. The Hall–Kier alpha value is -3.30. The maximum Gasteiger partial charge on any atom is 0.325 e. The molecular formula is C18H19N5O5. The highest BCUT2D eigenvalue weighted by Crippen LogP contribution is 2.36. The third-order valence-corrected chi connectivity index (χ3v) is 5.49. The predicted molar refractivity (Wildman–Crippen MR) is 96.9 cm³/mol. The number of anilines is 1. The monoisotopic (exact) mass is 385 g/mol. The summed E-state index contributed by atoms with van der Waals surface area (Å²) in [6.07, 6.45) is 4.07. The summed E-state index contributed by atoms with van der Waals surface area (Å²) in [4.78, 5) is 45.7. The van der Waals surface area contributed by atoms with Gasteiger partial charge in [0.1, 0.15) is 12.1 Å². The van der Waals surface area contributed by atoms with Gasteiger partial charge in [-0.05, 0) is 12.8 Å². The summed E-state index contributed by atoms with van der Waals surface area (Å²) in [5.74, 6) is 0.598. The number of carbonyl (C=O) groups is 3. The first-order valence-electron chi connectivity index (χ1n) is 9.27. The van der Waals surface area contributed by atoms with E-state index in [1.807, 2.05) is 0 Å². The number of imidazole rings is 1. The number of H-pyrrole nitrogens is 1. The highest BCUT2D eigenvalue weighted by molar-refractivity contribution is 6.10. The summed E-state index contributed by atoms with van der Waals surface area (Å²) in [5, 5.41) is 5.40. The quantitative estimate of drug-likeness (QED) is 0.687. The molecule has 3 aliphatic rings. The van der Waals surface area contributed by atoms with Crippen LogP contribution in [0.5, 0.6) is 11.5 Å². The van der Waals surface area contributed by atoms with Crippen molar-refractivity contribution < 1.29 is 23.9 Å². The molecule has 2 aliphatic heterocycles. The molecule has 2 fully saturated rings. The molecule has 10 heteroatoms. The normalized spacial score (nSPS) is 20.1. The number of rotatable bonds is 3. The number of carbonyl (C=O) groups excluding carboxylic acids is 3. The maximum atomic E-state index is 12.7. The van der Waals surface area contributed by atoms with Gasteiger partial charge in [0.05, 0.1) is 11.0 Å². The lowest BCUT2D eigenvalue weighted by atomic mass is 9.82. The van der Waals surface area contributed by atoms with Gasteiger partial charge in [0.15, 0.2) is 11.5 Å². The van der Waals surface area contributed by atoms with Gasteiger partial charge in [0, 0.05) is 12.1 Å². The fourth-order valence-corrected chi connectivity index (χ4v) is 4.09. The Kier molecular flexibility index (Phi) is 3.68. The van der Waals surface area contributed by atoms with Crippen LogP contribution in [0.1, 0.15) is 32.1 Å². The molecule has 1 saturated heterocycles. The Morgan fingerprint density at radius 1 is 1.18 bits per heavy atom. The number of hydrogen-bond donors (Lipinski definition) is 3. The Balaban J connectivity index is 1.29. The molecular weight excluding hydrogens is 366 g/mol. The van der Waals surface area contributed by atoms with Gasteiger partial charge in [0.25, 0.3) is 5.91 Å². The average molecular weight is 385 g/mol. The molecule has 1 aliphatic carbocycles. The molecule has 5 rings (SSSR count). The molecule has 0 radical (unpaired) electrons. The SMILES string of the molecule is O=C(CN1C(=O)NC2(CCCCC2)C1=O)Nc1nc2cc3c(cc2[nH]1)OCO3. The van der Waals surface area contributed by atoms with Crippen molar-refractivity contribution in [1.82, 2.24) is 20.2 Å². The molecule has 146 valence electrons. The molecule has 0 bridgehead atoms. The van der Waals surface area contributed by atoms with Crippen LogP contribution in [0.3, 0.4) is 0 Å². The predicted octanol–water partition coefficient (Wildman–Crippen LogP) is 1.48. The van der Waals surface area contributed by atoms with Crippen molar-refractivity contribution in [2.45, 2.75) is 37.6 Å². The smallest absolute Gasteiger partial charge is 0.325 e. The van der Waals surface area contributed by atoms with Crippen molar-refractivity contribution in [3.05, 3.63) is 12.1 Å². The molecule has 1 spiro atoms. The van der Waals surface area contributed by atoms with Crippen LogP contribution in [0.25, 0.3) is 11.0 Å². The summed E-state index contributed by atoms with van der Waals surface area (Å²) in [5.41, 5.74) is 0.446. The summed E-state index contributed by atoms with van der Waals surface area (Å²) in [6, 6.07) is 2.94. The van der Waals surface area contributed by atoms with Crippen LogP contribution in [0.4, 0.5) is 10.7 Å². The van der Waals surface area contributed by atoms with E-state index in [0.717, 1.165) is 24.2 Å². The van der Waals surface area contributed by atoms with Gasteiger partial charge >= 0.3 is 6.03 Å². The molecule has 28 heavy (non-hydrogen) atoms. The largest absolute Gasteiger partial charge is 0.454 e. The first-order chi connectivity index (χ1) is 13.5. The lowest BCUT2D eigenvalue weighted by molar-refractivity contribution is -0.134. The molecule has 1 aromatic heterocycles. The molecule has 0 atom stereocenters. The second-order valence-electron chi connectivity index (χ2n) is 7.32. The Morgan fingerprint density at radius 2 is 1.93 bits per heavy atom. The van der Waals surface area contributed by atoms with Crippen LogP contribution in [0, 0.1) is 0 Å². The summed E-state index contributed by atoms with van der Waals surface area (Å²) in [6.45, 7) is -0.189. The molecule has 0 unspecified atom stereocenters. The zero-order valence-corrected chi connectivity index (χ0v) is 15.0. The van der Waals surface area contributed by atoms with Crippen molar-refractivity contribution in [2.75, 3.05) is 18.7 Å². The average Bonchev–Trinajstić information content (AvgIpc) is 3.33. The van der Waals surface area contributed by atoms with Crippen molar-refractivity contribution in [2.24, 2.45) is 0 Å². The van der Waals surface area contributed by atoms with E-state index in [9.17, 15) is 14.4 Å². The Morgan fingerprint density at radius 3 is 2.71 bits per heavy atom. The van der Waals surface area contributed by atoms with E-state index < -0.39 is 17.5 Å². The lowest BCUT2D eigenvalue weighted by Crippen LogP contribution is -2.48. The van der Waals surface area contributed by atoms with E-state index in [2.05, 4.69) is 20.6 Å². The van der Waals surface area contributed by atoms with E-state index in [4.69, 9.17) is 9.47 Å². The molecule has 3 N–H and O–H groups in total. The van der Waals surface area contributed by atoms with E-state index >= 15 is 0 Å². The number of urea groups is 1. The van der Waals surface area contributed by atoms with Crippen LogP contribution in [0.2, 0.25) is 0 Å². The number of benzene rings is 1. The fraction of sp³-hybridized carbons (Fsp3) is 0.444. The lowest BCUT2D eigenvalue weighted by Gasteiger charge is -2.30. The summed E-state index contributed by atoms with van der Waals surface area (Å²) >= 11 is 0. The number of nitrogens with zero attached hydrogens (tertiary/aromatic N) is 2. The summed E-state index contributed by atoms with van der Waals surface area (Å²) < 4.78 is 10.6. The minimum absolute atomic E-state index is 0.166. The molecule has 2 aromatic rings. The number of fused-ring (bicyclic) bond motifs is 2. The third kappa shape index (κ3) is 2.63. The standard InChI is InChI=1S/C18H19N5O5/c24-14(8-23-15(25)18(22-17(23)26)4-2-1-3-5-18)21-16-19-10-6-12-13(28-9-27-12)7-11(10)20-16/h6-7H,1-5,8-9H2,(H,22,26)(H2,19,20,21,24). The van der Waals surface area contributed by atoms with E-state index in [1.165, 1.54) is 0 Å². The van der Waals surface area contributed by atoms with Gasteiger partial charge in [0.2, 0.25) is 18.6 Å². The summed E-state index contributed by atoms with van der Waals surface area (Å²) in [7, 11) is 0. The minimum atomic E-state index is -0.838. The van der Waals surface area contributed by atoms with Gasteiger partial charge in [-0.25, -0.2) is 9.78 Å². The Labute approximate surface area is 159 Å². The van der Waals surface area contributed by atoms with Gasteiger partial charge in [-0.3, -0.25) is 19.8 Å². The second kappa shape index (κ2) is 6.11. The van der Waals surface area contributed by atoms with Gasteiger partial charge < -0.3 is 19.8 Å².